The number of aliphatic imine (C=N–C) groups is 1. The molecule has 2 N–H and O–H groups in total. The van der Waals surface area contributed by atoms with E-state index < -0.39 is 0 Å². The molecule has 1 unspecified atom stereocenters. The van der Waals surface area contributed by atoms with Crippen molar-refractivity contribution in [1.82, 2.24) is 20.4 Å². The number of likely N-dealkylation sites (N-methyl/N-ethyl adjacent to an activating group) is 1. The maximum Gasteiger partial charge on any atom is 0.191 e. The van der Waals surface area contributed by atoms with E-state index in [1.54, 1.807) is 7.05 Å². The molecule has 6 nitrogen and oxygen atoms in total. The Kier molecular flexibility index (Phi) is 8.55. The van der Waals surface area contributed by atoms with Crippen LogP contribution in [0.15, 0.2) is 35.3 Å². The number of hydrogen-bond donors (Lipinski definition) is 2. The van der Waals surface area contributed by atoms with Crippen molar-refractivity contribution in [3.05, 3.63) is 30.3 Å². The topological polar surface area (TPSA) is 52.1 Å². The second kappa shape index (κ2) is 10.9. The Hall–Kier alpha value is -1.79. The summed E-state index contributed by atoms with van der Waals surface area (Å²) in [5.74, 6) is 2.32. The Morgan fingerprint density at radius 3 is 2.56 bits per heavy atom. The molecule has 1 saturated heterocycles. The fourth-order valence-electron chi connectivity index (χ4n) is 2.88. The number of piperazine rings is 1. The Bertz CT molecular complexity index is 500. The second-order valence-corrected chi connectivity index (χ2v) is 6.75. The first-order valence-corrected chi connectivity index (χ1v) is 9.20. The molecule has 140 valence electrons. The van der Waals surface area contributed by atoms with E-state index in [-0.39, 0.29) is 0 Å². The van der Waals surface area contributed by atoms with Gasteiger partial charge in [-0.15, -0.1) is 0 Å². The molecule has 0 aliphatic carbocycles. The van der Waals surface area contributed by atoms with Gasteiger partial charge in [-0.25, -0.2) is 0 Å². The SMILES string of the molecule is CN=C(NCCOc1ccccc1)NCC(C)CN1CCN(C)CC1. The van der Waals surface area contributed by atoms with Gasteiger partial charge in [0, 0.05) is 46.3 Å². The van der Waals surface area contributed by atoms with Crippen molar-refractivity contribution in [2.24, 2.45) is 10.9 Å². The van der Waals surface area contributed by atoms with Crippen LogP contribution in [0.4, 0.5) is 0 Å². The summed E-state index contributed by atoms with van der Waals surface area (Å²) in [5.41, 5.74) is 0. The van der Waals surface area contributed by atoms with Crippen LogP contribution in [0.2, 0.25) is 0 Å². The normalized spacial score (nSPS) is 18.0. The third kappa shape index (κ3) is 7.75. The van der Waals surface area contributed by atoms with Gasteiger partial charge in [-0.05, 0) is 25.1 Å². The number of benzene rings is 1. The lowest BCUT2D eigenvalue weighted by Crippen LogP contribution is -2.47. The molecule has 1 aliphatic rings. The zero-order chi connectivity index (χ0) is 17.9. The van der Waals surface area contributed by atoms with Crippen LogP contribution in [0.3, 0.4) is 0 Å². The van der Waals surface area contributed by atoms with Crippen LogP contribution in [0.25, 0.3) is 0 Å². The fourth-order valence-corrected chi connectivity index (χ4v) is 2.88. The molecule has 1 heterocycles. The molecule has 6 heteroatoms. The summed E-state index contributed by atoms with van der Waals surface area (Å²) in [5, 5.41) is 6.71. The molecule has 25 heavy (non-hydrogen) atoms. The molecule has 1 fully saturated rings. The molecule has 1 atom stereocenters. The summed E-state index contributed by atoms with van der Waals surface area (Å²) in [6.45, 7) is 10.4. The molecule has 0 saturated carbocycles. The zero-order valence-electron chi connectivity index (χ0n) is 15.9. The molecule has 0 radical (unpaired) electrons. The molecule has 0 spiro atoms. The Labute approximate surface area is 152 Å². The van der Waals surface area contributed by atoms with E-state index >= 15 is 0 Å². The number of guanidine groups is 1. The third-order valence-corrected chi connectivity index (χ3v) is 4.41. The Morgan fingerprint density at radius 2 is 1.88 bits per heavy atom. The van der Waals surface area contributed by atoms with Crippen LogP contribution >= 0.6 is 0 Å². The molecular formula is C19H33N5O. The van der Waals surface area contributed by atoms with E-state index in [2.05, 4.69) is 39.4 Å². The Morgan fingerprint density at radius 1 is 1.16 bits per heavy atom. The van der Waals surface area contributed by atoms with Gasteiger partial charge in [0.2, 0.25) is 0 Å². The summed E-state index contributed by atoms with van der Waals surface area (Å²) < 4.78 is 5.68. The Balaban J connectivity index is 1.58. The molecule has 0 bridgehead atoms. The van der Waals surface area contributed by atoms with Crippen molar-refractivity contribution in [3.63, 3.8) is 0 Å². The van der Waals surface area contributed by atoms with Gasteiger partial charge < -0.3 is 25.2 Å². The van der Waals surface area contributed by atoms with E-state index in [9.17, 15) is 0 Å². The number of ether oxygens (including phenoxy) is 1. The monoisotopic (exact) mass is 347 g/mol. The smallest absolute Gasteiger partial charge is 0.191 e. The van der Waals surface area contributed by atoms with Crippen molar-refractivity contribution in [1.29, 1.82) is 0 Å². The lowest BCUT2D eigenvalue weighted by atomic mass is 10.1. The third-order valence-electron chi connectivity index (χ3n) is 4.41. The minimum absolute atomic E-state index is 0.586. The van der Waals surface area contributed by atoms with E-state index in [1.165, 1.54) is 26.2 Å². The van der Waals surface area contributed by atoms with E-state index in [4.69, 9.17) is 4.74 Å². The van der Waals surface area contributed by atoms with Crippen LogP contribution in [-0.2, 0) is 0 Å². The molecule has 2 rings (SSSR count). The van der Waals surface area contributed by atoms with Crippen LogP contribution in [0, 0.1) is 5.92 Å². The summed E-state index contributed by atoms with van der Waals surface area (Å²) in [6, 6.07) is 9.87. The second-order valence-electron chi connectivity index (χ2n) is 6.75. The van der Waals surface area contributed by atoms with E-state index in [0.29, 0.717) is 12.5 Å². The summed E-state index contributed by atoms with van der Waals surface area (Å²) in [6.07, 6.45) is 0. The minimum Gasteiger partial charge on any atom is -0.492 e. The predicted molar refractivity (Wildman–Crippen MR) is 104 cm³/mol. The quantitative estimate of drug-likeness (QED) is 0.419. The average molecular weight is 348 g/mol. The molecule has 1 aromatic carbocycles. The number of nitrogens with one attached hydrogen (secondary N) is 2. The lowest BCUT2D eigenvalue weighted by molar-refractivity contribution is 0.139. The van der Waals surface area contributed by atoms with E-state index in [0.717, 1.165) is 31.3 Å². The van der Waals surface area contributed by atoms with Crippen molar-refractivity contribution in [2.45, 2.75) is 6.92 Å². The molecule has 1 aromatic rings. The lowest BCUT2D eigenvalue weighted by Gasteiger charge is -2.34. The highest BCUT2D eigenvalue weighted by Crippen LogP contribution is 2.07. The molecule has 0 aromatic heterocycles. The van der Waals surface area contributed by atoms with Crippen molar-refractivity contribution < 1.29 is 4.74 Å². The van der Waals surface area contributed by atoms with Crippen LogP contribution in [-0.4, -0.2) is 82.3 Å². The van der Waals surface area contributed by atoms with E-state index in [1.807, 2.05) is 30.3 Å². The van der Waals surface area contributed by atoms with Gasteiger partial charge >= 0.3 is 0 Å². The first kappa shape index (κ1) is 19.5. The van der Waals surface area contributed by atoms with Crippen molar-refractivity contribution in [3.8, 4) is 5.75 Å². The largest absolute Gasteiger partial charge is 0.492 e. The minimum atomic E-state index is 0.586. The maximum atomic E-state index is 5.68. The van der Waals surface area contributed by atoms with Gasteiger partial charge in [-0.2, -0.15) is 0 Å². The van der Waals surface area contributed by atoms with Gasteiger partial charge in [0.1, 0.15) is 12.4 Å². The fraction of sp³-hybridized carbons (Fsp3) is 0.632. The highest BCUT2D eigenvalue weighted by atomic mass is 16.5. The number of nitrogens with zero attached hydrogens (tertiary/aromatic N) is 3. The molecule has 0 amide bonds. The number of rotatable bonds is 8. The molecule has 1 aliphatic heterocycles. The van der Waals surface area contributed by atoms with Gasteiger partial charge in [0.25, 0.3) is 0 Å². The van der Waals surface area contributed by atoms with Crippen molar-refractivity contribution in [2.75, 3.05) is 66.5 Å². The van der Waals surface area contributed by atoms with Gasteiger partial charge in [-0.3, -0.25) is 4.99 Å². The molecular weight excluding hydrogens is 314 g/mol. The zero-order valence-corrected chi connectivity index (χ0v) is 15.9. The first-order valence-electron chi connectivity index (χ1n) is 9.20. The summed E-state index contributed by atoms with van der Waals surface area (Å²) >= 11 is 0. The highest BCUT2D eigenvalue weighted by molar-refractivity contribution is 5.79. The average Bonchev–Trinajstić information content (AvgIpc) is 2.64. The first-order chi connectivity index (χ1) is 12.2. The highest BCUT2D eigenvalue weighted by Gasteiger charge is 2.16. The van der Waals surface area contributed by atoms with Gasteiger partial charge in [0.05, 0.1) is 6.54 Å². The van der Waals surface area contributed by atoms with Crippen LogP contribution < -0.4 is 15.4 Å². The maximum absolute atomic E-state index is 5.68. The predicted octanol–water partition coefficient (Wildman–Crippen LogP) is 1.11. The van der Waals surface area contributed by atoms with Crippen LogP contribution in [0.1, 0.15) is 6.92 Å². The van der Waals surface area contributed by atoms with Gasteiger partial charge in [0.15, 0.2) is 5.96 Å². The van der Waals surface area contributed by atoms with Crippen molar-refractivity contribution >= 4 is 5.96 Å². The van der Waals surface area contributed by atoms with Gasteiger partial charge in [-0.1, -0.05) is 25.1 Å². The summed E-state index contributed by atoms with van der Waals surface area (Å²) in [4.78, 5) is 9.22. The van der Waals surface area contributed by atoms with Crippen LogP contribution in [0.5, 0.6) is 5.75 Å². The summed E-state index contributed by atoms with van der Waals surface area (Å²) in [7, 11) is 4.00. The standard InChI is InChI=1S/C19H33N5O/c1-17(16-24-12-10-23(3)11-13-24)15-22-19(20-2)21-9-14-25-18-7-5-4-6-8-18/h4-8,17H,9-16H2,1-3H3,(H2,20,21,22). The number of para-hydroxylation sites is 1. The number of hydrogen-bond acceptors (Lipinski definition) is 4.